The fourth-order valence-electron chi connectivity index (χ4n) is 3.50. The van der Waals surface area contributed by atoms with Gasteiger partial charge in [0.05, 0.1) is 22.5 Å². The van der Waals surface area contributed by atoms with Crippen LogP contribution in [0.2, 0.25) is 0 Å². The Morgan fingerprint density at radius 1 is 1.12 bits per heavy atom. The van der Waals surface area contributed by atoms with E-state index >= 15 is 0 Å². The smallest absolute Gasteiger partial charge is 0.405 e. The third-order valence-electron chi connectivity index (χ3n) is 4.94. The molecule has 0 amide bonds. The first-order chi connectivity index (χ1) is 15.2. The molecule has 1 N–H and O–H groups in total. The molecule has 0 atom stereocenters. The van der Waals surface area contributed by atoms with Crippen LogP contribution in [0.15, 0.2) is 58.3 Å². The lowest BCUT2D eigenvalue weighted by atomic mass is 10.1. The summed E-state index contributed by atoms with van der Waals surface area (Å²) in [7, 11) is 0. The average Bonchev–Trinajstić information content (AvgIpc) is 3.14. The second-order valence-electron chi connectivity index (χ2n) is 7.22. The van der Waals surface area contributed by atoms with Crippen molar-refractivity contribution in [3.05, 3.63) is 92.0 Å². The lowest BCUT2D eigenvalue weighted by molar-refractivity contribution is -0.137. The van der Waals surface area contributed by atoms with Crippen LogP contribution in [0.1, 0.15) is 29.6 Å². The molecule has 0 fully saturated rings. The molecule has 0 bridgehead atoms. The minimum absolute atomic E-state index is 0.0269. The first-order valence-electron chi connectivity index (χ1n) is 9.81. The molecule has 0 unspecified atom stereocenters. The van der Waals surface area contributed by atoms with E-state index in [1.165, 1.54) is 16.8 Å². The molecule has 0 spiro atoms. The van der Waals surface area contributed by atoms with Gasteiger partial charge >= 0.3 is 17.3 Å². The number of aromatic amines is 1. The summed E-state index contributed by atoms with van der Waals surface area (Å²) in [5.41, 5.74) is -2.24. The van der Waals surface area contributed by atoms with Crippen molar-refractivity contribution in [3.63, 3.8) is 0 Å². The summed E-state index contributed by atoms with van der Waals surface area (Å²) in [5.74, 6) is 0.434. The Balaban J connectivity index is 1.96. The maximum Gasteiger partial charge on any atom is 0.418 e. The molecule has 2 aromatic heterocycles. The van der Waals surface area contributed by atoms with Crippen LogP contribution in [0, 0.1) is 6.92 Å². The lowest BCUT2D eigenvalue weighted by Gasteiger charge is -2.18. The number of halogens is 3. The zero-order valence-corrected chi connectivity index (χ0v) is 17.2. The van der Waals surface area contributed by atoms with Crippen LogP contribution in [0.5, 0.6) is 0 Å². The van der Waals surface area contributed by atoms with Crippen LogP contribution < -0.4 is 16.0 Å². The van der Waals surface area contributed by atoms with Crippen molar-refractivity contribution in [2.45, 2.75) is 33.1 Å². The Hall–Kier alpha value is -3.82. The summed E-state index contributed by atoms with van der Waals surface area (Å²) in [4.78, 5) is 36.7. The third kappa shape index (κ3) is 3.91. The minimum Gasteiger partial charge on any atom is -0.405 e. The van der Waals surface area contributed by atoms with Crippen LogP contribution in [0.4, 0.5) is 13.2 Å². The Morgan fingerprint density at radius 3 is 2.50 bits per heavy atom. The van der Waals surface area contributed by atoms with Crippen molar-refractivity contribution < 1.29 is 18.0 Å². The van der Waals surface area contributed by atoms with E-state index in [4.69, 9.17) is 4.84 Å². The Bertz CT molecular complexity index is 1400. The highest BCUT2D eigenvalue weighted by Gasteiger charge is 2.35. The zero-order chi connectivity index (χ0) is 23.0. The molecule has 2 aromatic carbocycles. The van der Waals surface area contributed by atoms with E-state index in [-0.39, 0.29) is 23.3 Å². The third-order valence-corrected chi connectivity index (χ3v) is 4.94. The van der Waals surface area contributed by atoms with Crippen molar-refractivity contribution >= 4 is 11.0 Å². The van der Waals surface area contributed by atoms with Gasteiger partial charge in [-0.1, -0.05) is 37.3 Å². The minimum atomic E-state index is -4.73. The number of aryl methyl sites for hydroxylation is 2. The van der Waals surface area contributed by atoms with Gasteiger partial charge in [-0.2, -0.15) is 13.2 Å². The summed E-state index contributed by atoms with van der Waals surface area (Å²) < 4.78 is 44.1. The second-order valence-corrected chi connectivity index (χ2v) is 7.22. The molecule has 0 radical (unpaired) electrons. The number of aromatic nitrogens is 4. The summed E-state index contributed by atoms with van der Waals surface area (Å²) in [6.07, 6.45) is -2.84. The quantitative estimate of drug-likeness (QED) is 0.479. The normalized spacial score (nSPS) is 11.8. The largest absolute Gasteiger partial charge is 0.418 e. The fourth-order valence-corrected chi connectivity index (χ4v) is 3.50. The van der Waals surface area contributed by atoms with Crippen LogP contribution in [-0.2, 0) is 19.2 Å². The summed E-state index contributed by atoms with van der Waals surface area (Å²) in [6.45, 7) is 3.35. The van der Waals surface area contributed by atoms with Gasteiger partial charge in [0.25, 0.3) is 0 Å². The van der Waals surface area contributed by atoms with Gasteiger partial charge in [-0.25, -0.2) is 4.98 Å². The van der Waals surface area contributed by atoms with Gasteiger partial charge in [-0.3, -0.25) is 9.59 Å². The average molecular weight is 444 g/mol. The topological polar surface area (TPSA) is 81.9 Å². The maximum atomic E-state index is 14.0. The van der Waals surface area contributed by atoms with Gasteiger partial charge in [0.2, 0.25) is 0 Å². The van der Waals surface area contributed by atoms with E-state index in [2.05, 4.69) is 9.97 Å². The molecule has 2 heterocycles. The number of rotatable bonds is 5. The molecule has 7 nitrogen and oxygen atoms in total. The first-order valence-corrected chi connectivity index (χ1v) is 9.81. The Labute approximate surface area is 179 Å². The van der Waals surface area contributed by atoms with Crippen molar-refractivity contribution in [2.24, 2.45) is 0 Å². The molecule has 166 valence electrons. The second kappa shape index (κ2) is 8.03. The Morgan fingerprint density at radius 2 is 1.84 bits per heavy atom. The van der Waals surface area contributed by atoms with Crippen LogP contribution in [0.3, 0.4) is 0 Å². The van der Waals surface area contributed by atoms with Crippen LogP contribution in [0.25, 0.3) is 16.7 Å². The molecule has 32 heavy (non-hydrogen) atoms. The number of fused-ring (bicyclic) bond motifs is 1. The highest BCUT2D eigenvalue weighted by atomic mass is 19.4. The molecule has 0 saturated carbocycles. The highest BCUT2D eigenvalue weighted by molar-refractivity contribution is 5.79. The summed E-state index contributed by atoms with van der Waals surface area (Å²) >= 11 is 0. The molecule has 0 aliphatic carbocycles. The molecule has 0 saturated heterocycles. The molecule has 0 aliphatic rings. The molecule has 10 heteroatoms. The van der Waals surface area contributed by atoms with Gasteiger partial charge in [0.15, 0.2) is 0 Å². The number of benzene rings is 2. The number of nitrogens with zero attached hydrogens (tertiary/aromatic N) is 3. The molecular weight excluding hydrogens is 425 g/mol. The van der Waals surface area contributed by atoms with E-state index in [1.807, 2.05) is 0 Å². The standard InChI is InChI=1S/C22H19F3N4O3/c1-3-19-26-13(2)11-28(19)17-10-16-18(9-15(17)22(23,24)25)29(21(31)20(30)27-16)32-12-14-7-5-4-6-8-14/h4-11H,3,12H2,1-2H3,(H,27,30). The molecule has 4 rings (SSSR count). The van der Waals surface area contributed by atoms with Gasteiger partial charge in [-0.15, -0.1) is 4.73 Å². The number of alkyl halides is 3. The van der Waals surface area contributed by atoms with Crippen LogP contribution >= 0.6 is 0 Å². The number of H-pyrrole nitrogens is 1. The molecular formula is C22H19F3N4O3. The maximum absolute atomic E-state index is 14.0. The summed E-state index contributed by atoms with van der Waals surface area (Å²) in [6, 6.07) is 10.7. The van der Waals surface area contributed by atoms with E-state index in [0.717, 1.165) is 6.07 Å². The molecule has 0 aliphatic heterocycles. The predicted octanol–water partition coefficient (Wildman–Crippen LogP) is 3.39. The molecule has 4 aromatic rings. The number of nitrogens with one attached hydrogen (secondary N) is 1. The first kappa shape index (κ1) is 21.4. The SMILES string of the molecule is CCc1nc(C)cn1-c1cc2[nH]c(=O)c(=O)n(OCc3ccccc3)c2cc1C(F)(F)F. The van der Waals surface area contributed by atoms with Crippen molar-refractivity contribution in [1.82, 2.24) is 19.3 Å². The Kier molecular flexibility index (Phi) is 5.37. The van der Waals surface area contributed by atoms with Gasteiger partial charge < -0.3 is 14.4 Å². The van der Waals surface area contributed by atoms with Gasteiger partial charge in [0, 0.05) is 12.6 Å². The van der Waals surface area contributed by atoms with Crippen LogP contribution in [-0.4, -0.2) is 19.3 Å². The van der Waals surface area contributed by atoms with Crippen molar-refractivity contribution in [3.8, 4) is 5.69 Å². The lowest BCUT2D eigenvalue weighted by Crippen LogP contribution is -2.39. The van der Waals surface area contributed by atoms with E-state index in [0.29, 0.717) is 28.2 Å². The van der Waals surface area contributed by atoms with E-state index in [9.17, 15) is 22.8 Å². The van der Waals surface area contributed by atoms with Crippen molar-refractivity contribution in [1.29, 1.82) is 0 Å². The number of imidazole rings is 1. The zero-order valence-electron chi connectivity index (χ0n) is 17.2. The number of hydrogen-bond acceptors (Lipinski definition) is 4. The van der Waals surface area contributed by atoms with E-state index in [1.54, 1.807) is 44.2 Å². The van der Waals surface area contributed by atoms with E-state index < -0.39 is 22.9 Å². The van der Waals surface area contributed by atoms with Crippen molar-refractivity contribution in [2.75, 3.05) is 0 Å². The summed E-state index contributed by atoms with van der Waals surface area (Å²) in [5, 5.41) is 0. The fraction of sp³-hybridized carbons (Fsp3) is 0.227. The monoisotopic (exact) mass is 444 g/mol. The van der Waals surface area contributed by atoms with Gasteiger partial charge in [-0.05, 0) is 24.6 Å². The van der Waals surface area contributed by atoms with Gasteiger partial charge in [0.1, 0.15) is 17.9 Å². The predicted molar refractivity (Wildman–Crippen MR) is 112 cm³/mol. The number of hydrogen-bond donors (Lipinski definition) is 1. The highest BCUT2D eigenvalue weighted by Crippen LogP contribution is 2.36.